The fourth-order valence-electron chi connectivity index (χ4n) is 3.21. The molecule has 3 rings (SSSR count). The highest BCUT2D eigenvalue weighted by molar-refractivity contribution is 6.74. The minimum atomic E-state index is -1.95. The maximum atomic E-state index is 6.90. The number of aryl methyl sites for hydroxylation is 1. The summed E-state index contributed by atoms with van der Waals surface area (Å²) in [6.45, 7) is 13.6. The van der Waals surface area contributed by atoms with Crippen molar-refractivity contribution in [2.45, 2.75) is 70.8 Å². The van der Waals surface area contributed by atoms with E-state index in [1.807, 2.05) is 0 Å². The van der Waals surface area contributed by atoms with Crippen LogP contribution in [-0.4, -0.2) is 33.9 Å². The first-order chi connectivity index (χ1) is 13.6. The molecule has 2 heterocycles. The summed E-state index contributed by atoms with van der Waals surface area (Å²) in [7, 11) is -1.95. The number of hydrogen-bond donors (Lipinski definition) is 0. The quantitative estimate of drug-likeness (QED) is 0.337. The summed E-state index contributed by atoms with van der Waals surface area (Å²) in [4.78, 5) is 12.9. The Morgan fingerprint density at radius 1 is 1.10 bits per heavy atom. The minimum Gasteiger partial charge on any atom is -0.412 e. The summed E-state index contributed by atoms with van der Waals surface area (Å²) < 4.78 is 8.98. The third-order valence-corrected chi connectivity index (χ3v) is 10.9. The van der Waals surface area contributed by atoms with Crippen LogP contribution in [0.4, 0.5) is 0 Å². The van der Waals surface area contributed by atoms with Gasteiger partial charge in [-0.1, -0.05) is 62.7 Å². The molecule has 156 valence electrons. The number of rotatable bonds is 7. The van der Waals surface area contributed by atoms with Crippen LogP contribution in [0.2, 0.25) is 23.3 Å². The van der Waals surface area contributed by atoms with Gasteiger partial charge in [-0.3, -0.25) is 0 Å². The van der Waals surface area contributed by atoms with Crippen LogP contribution >= 0.6 is 11.6 Å². The van der Waals surface area contributed by atoms with Crippen molar-refractivity contribution in [3.05, 3.63) is 53.7 Å². The first-order valence-electron chi connectivity index (χ1n) is 10.1. The Hall–Kier alpha value is -1.76. The fourth-order valence-corrected chi connectivity index (χ4v) is 4.81. The maximum absolute atomic E-state index is 6.90. The molecule has 5 nitrogen and oxygen atoms in total. The average molecular weight is 431 g/mol. The van der Waals surface area contributed by atoms with E-state index in [9.17, 15) is 0 Å². The third-order valence-electron chi connectivity index (χ3n) is 6.10. The van der Waals surface area contributed by atoms with Crippen LogP contribution in [0.3, 0.4) is 0 Å². The molecule has 0 fully saturated rings. The largest absolute Gasteiger partial charge is 0.412 e. The first kappa shape index (κ1) is 21.9. The van der Waals surface area contributed by atoms with E-state index in [1.165, 1.54) is 11.9 Å². The molecule has 0 radical (unpaired) electrons. The molecule has 2 atom stereocenters. The van der Waals surface area contributed by atoms with E-state index in [4.69, 9.17) is 16.0 Å². The Morgan fingerprint density at radius 3 is 2.45 bits per heavy atom. The van der Waals surface area contributed by atoms with Crippen molar-refractivity contribution in [3.8, 4) is 0 Å². The molecule has 0 aliphatic rings. The van der Waals surface area contributed by atoms with Gasteiger partial charge in [0.25, 0.3) is 0 Å². The van der Waals surface area contributed by atoms with Crippen LogP contribution in [0.1, 0.15) is 45.7 Å². The second-order valence-electron chi connectivity index (χ2n) is 9.17. The van der Waals surface area contributed by atoms with Crippen LogP contribution in [0.15, 0.2) is 43.0 Å². The molecule has 0 saturated carbocycles. The highest BCUT2D eigenvalue weighted by Crippen LogP contribution is 2.39. The lowest BCUT2D eigenvalue weighted by atomic mass is 10.0. The monoisotopic (exact) mass is 430 g/mol. The topological polar surface area (TPSA) is 52.8 Å². The highest BCUT2D eigenvalue weighted by atomic mass is 35.5. The van der Waals surface area contributed by atoms with Crippen LogP contribution in [0.25, 0.3) is 11.2 Å². The van der Waals surface area contributed by atoms with Gasteiger partial charge in [-0.2, -0.15) is 0 Å². The van der Waals surface area contributed by atoms with Gasteiger partial charge in [0.05, 0.1) is 18.5 Å². The van der Waals surface area contributed by atoms with Crippen molar-refractivity contribution in [1.82, 2.24) is 19.5 Å². The lowest BCUT2D eigenvalue weighted by Crippen LogP contribution is -2.46. The van der Waals surface area contributed by atoms with Crippen molar-refractivity contribution < 1.29 is 4.43 Å². The predicted molar refractivity (Wildman–Crippen MR) is 122 cm³/mol. The third kappa shape index (κ3) is 4.87. The van der Waals surface area contributed by atoms with Gasteiger partial charge in [-0.15, -0.1) is 0 Å². The molecule has 0 saturated heterocycles. The zero-order valence-corrected chi connectivity index (χ0v) is 19.9. The van der Waals surface area contributed by atoms with Crippen LogP contribution < -0.4 is 0 Å². The molecule has 1 aromatic carbocycles. The Morgan fingerprint density at radius 2 is 1.79 bits per heavy atom. The summed E-state index contributed by atoms with van der Waals surface area (Å²) in [6, 6.07) is 10.7. The second-order valence-corrected chi connectivity index (χ2v) is 14.3. The van der Waals surface area contributed by atoms with Gasteiger partial charge in [-0.05, 0) is 43.5 Å². The molecule has 0 aliphatic heterocycles. The van der Waals surface area contributed by atoms with Gasteiger partial charge in [0.15, 0.2) is 19.1 Å². The number of aromatic nitrogens is 4. The molecule has 0 bridgehead atoms. The zero-order chi connectivity index (χ0) is 21.2. The molecular formula is C22H31ClN4OSi. The van der Waals surface area contributed by atoms with Crippen molar-refractivity contribution in [2.75, 3.05) is 0 Å². The van der Waals surface area contributed by atoms with Crippen molar-refractivity contribution in [1.29, 1.82) is 0 Å². The van der Waals surface area contributed by atoms with E-state index in [0.717, 1.165) is 18.5 Å². The number of benzene rings is 1. The van der Waals surface area contributed by atoms with Crippen LogP contribution in [0.5, 0.6) is 0 Å². The van der Waals surface area contributed by atoms with Gasteiger partial charge < -0.3 is 8.99 Å². The lowest BCUT2D eigenvalue weighted by Gasteiger charge is -2.41. The zero-order valence-electron chi connectivity index (χ0n) is 18.2. The standard InChI is InChI=1S/C22H31ClN4OSi/c1-16(27-15-26-19-20(23)24-14-25-21(19)27)18(28-29(5,6)22(2,3)4)13-12-17-10-8-7-9-11-17/h7-11,14-16,18H,12-13H2,1-6H3/t16-,18+/m1/s1. The fraction of sp³-hybridized carbons (Fsp3) is 0.500. The van der Waals surface area contributed by atoms with E-state index < -0.39 is 8.32 Å². The highest BCUT2D eigenvalue weighted by Gasteiger charge is 2.40. The SMILES string of the molecule is C[C@H]([C@H](CCc1ccccc1)O[Si](C)(C)C(C)(C)C)n1cnc2c(Cl)ncnc21. The summed E-state index contributed by atoms with van der Waals surface area (Å²) in [5, 5.41) is 0.521. The molecule has 3 aromatic rings. The molecule has 7 heteroatoms. The van der Waals surface area contributed by atoms with Gasteiger partial charge in [0.2, 0.25) is 0 Å². The summed E-state index contributed by atoms with van der Waals surface area (Å²) >= 11 is 6.21. The molecule has 0 amide bonds. The summed E-state index contributed by atoms with van der Waals surface area (Å²) in [5.41, 5.74) is 2.71. The number of fused-ring (bicyclic) bond motifs is 1. The normalized spacial score (nSPS) is 14.9. The Kier molecular flexibility index (Phi) is 6.46. The molecule has 0 aliphatic carbocycles. The molecule has 0 N–H and O–H groups in total. The second kappa shape index (κ2) is 8.54. The Balaban J connectivity index is 1.91. The van der Waals surface area contributed by atoms with Crippen LogP contribution in [0, 0.1) is 0 Å². The number of imidazole rings is 1. The van der Waals surface area contributed by atoms with E-state index in [-0.39, 0.29) is 17.2 Å². The molecular weight excluding hydrogens is 400 g/mol. The Labute approximate surface area is 179 Å². The summed E-state index contributed by atoms with van der Waals surface area (Å²) in [5.74, 6) is 0. The molecule has 2 aromatic heterocycles. The van der Waals surface area contributed by atoms with Crippen molar-refractivity contribution in [2.24, 2.45) is 0 Å². The number of hydrogen-bond acceptors (Lipinski definition) is 4. The van der Waals surface area contributed by atoms with Crippen molar-refractivity contribution in [3.63, 3.8) is 0 Å². The minimum absolute atomic E-state index is 0.0437. The predicted octanol–water partition coefficient (Wildman–Crippen LogP) is 6.06. The van der Waals surface area contributed by atoms with Gasteiger partial charge in [0.1, 0.15) is 11.8 Å². The first-order valence-corrected chi connectivity index (χ1v) is 13.4. The smallest absolute Gasteiger partial charge is 0.192 e. The number of nitrogens with zero attached hydrogens (tertiary/aromatic N) is 4. The lowest BCUT2D eigenvalue weighted by molar-refractivity contribution is 0.122. The molecule has 29 heavy (non-hydrogen) atoms. The number of halogens is 1. The van der Waals surface area contributed by atoms with Crippen molar-refractivity contribution >= 4 is 31.1 Å². The average Bonchev–Trinajstić information content (AvgIpc) is 3.10. The van der Waals surface area contributed by atoms with Crippen LogP contribution in [-0.2, 0) is 10.8 Å². The van der Waals surface area contributed by atoms with E-state index >= 15 is 0 Å². The van der Waals surface area contributed by atoms with Gasteiger partial charge >= 0.3 is 0 Å². The maximum Gasteiger partial charge on any atom is 0.192 e. The van der Waals surface area contributed by atoms with E-state index in [1.54, 1.807) is 6.33 Å². The van der Waals surface area contributed by atoms with E-state index in [2.05, 4.69) is 90.6 Å². The van der Waals surface area contributed by atoms with E-state index in [0.29, 0.717) is 10.7 Å². The molecule has 0 spiro atoms. The molecule has 0 unspecified atom stereocenters. The van der Waals surface area contributed by atoms with Gasteiger partial charge in [0, 0.05) is 0 Å². The summed E-state index contributed by atoms with van der Waals surface area (Å²) in [6.07, 6.45) is 5.23. The van der Waals surface area contributed by atoms with Gasteiger partial charge in [-0.25, -0.2) is 15.0 Å². The Bertz CT molecular complexity index is 952.